The van der Waals surface area contributed by atoms with Gasteiger partial charge in [0.2, 0.25) is 0 Å². The molecule has 0 aliphatic rings. The number of halogens is 2. The average Bonchev–Trinajstić information content (AvgIpc) is 3.15. The number of carbonyl (C=O) groups is 1. The van der Waals surface area contributed by atoms with Gasteiger partial charge in [0, 0.05) is 15.4 Å². The number of carbonyl (C=O) groups excluding carboxylic acids is 1. The van der Waals surface area contributed by atoms with Crippen LogP contribution in [0.2, 0.25) is 0 Å². The molecule has 0 fully saturated rings. The van der Waals surface area contributed by atoms with E-state index in [1.807, 2.05) is 43.5 Å². The lowest BCUT2D eigenvalue weighted by atomic mass is 10.2. The van der Waals surface area contributed by atoms with Crippen LogP contribution in [0, 0.1) is 0 Å². The Hall–Kier alpha value is -1.22. The number of benzene rings is 1. The maximum atomic E-state index is 12.3. The number of amides is 1. The Morgan fingerprint density at radius 2 is 1.96 bits per heavy atom. The van der Waals surface area contributed by atoms with E-state index in [1.54, 1.807) is 6.07 Å². The summed E-state index contributed by atoms with van der Waals surface area (Å²) in [5.41, 5.74) is 1.81. The predicted octanol–water partition coefficient (Wildman–Crippen LogP) is 6.44. The molecule has 0 atom stereocenters. The SMILES string of the molecule is CC(C)Oc1ccc(-c2csc(NC(=O)c3cc(Br)c(Br)s3)n2)cc1. The topological polar surface area (TPSA) is 51.2 Å². The van der Waals surface area contributed by atoms with Gasteiger partial charge in [-0.25, -0.2) is 4.98 Å². The number of ether oxygens (including phenoxy) is 1. The molecule has 0 radical (unpaired) electrons. The van der Waals surface area contributed by atoms with Crippen LogP contribution >= 0.6 is 54.5 Å². The summed E-state index contributed by atoms with van der Waals surface area (Å²) in [5.74, 6) is 0.661. The van der Waals surface area contributed by atoms with Crippen LogP contribution in [0.25, 0.3) is 11.3 Å². The minimum atomic E-state index is -0.169. The molecule has 0 aliphatic carbocycles. The predicted molar refractivity (Wildman–Crippen MR) is 111 cm³/mol. The molecule has 3 aromatic rings. The van der Waals surface area contributed by atoms with Gasteiger partial charge in [-0.3, -0.25) is 10.1 Å². The highest BCUT2D eigenvalue weighted by molar-refractivity contribution is 9.13. The molecule has 4 nitrogen and oxygen atoms in total. The van der Waals surface area contributed by atoms with Gasteiger partial charge in [0.25, 0.3) is 5.91 Å². The Morgan fingerprint density at radius 3 is 2.56 bits per heavy atom. The minimum absolute atomic E-state index is 0.143. The summed E-state index contributed by atoms with van der Waals surface area (Å²) in [6.07, 6.45) is 0.143. The van der Waals surface area contributed by atoms with Gasteiger partial charge < -0.3 is 4.74 Å². The van der Waals surface area contributed by atoms with Gasteiger partial charge in [0.05, 0.1) is 20.5 Å². The van der Waals surface area contributed by atoms with Crippen LogP contribution in [0.1, 0.15) is 23.5 Å². The number of thiophene rings is 1. The van der Waals surface area contributed by atoms with E-state index in [9.17, 15) is 4.79 Å². The highest BCUT2D eigenvalue weighted by Crippen LogP contribution is 2.33. The standard InChI is InChI=1S/C17H14Br2N2O2S2/c1-9(2)23-11-5-3-10(4-6-11)13-8-24-17(20-13)21-16(22)14-7-12(18)15(19)25-14/h3-9H,1-2H3,(H,20,21,22). The molecule has 2 aromatic heterocycles. The summed E-state index contributed by atoms with van der Waals surface area (Å²) >= 11 is 9.55. The zero-order valence-corrected chi connectivity index (χ0v) is 18.2. The van der Waals surface area contributed by atoms with Crippen molar-refractivity contribution < 1.29 is 9.53 Å². The van der Waals surface area contributed by atoms with Gasteiger partial charge in [0.1, 0.15) is 5.75 Å². The van der Waals surface area contributed by atoms with Crippen molar-refractivity contribution in [2.75, 3.05) is 5.32 Å². The first-order valence-electron chi connectivity index (χ1n) is 7.41. The molecule has 0 unspecified atom stereocenters. The fraction of sp³-hybridized carbons (Fsp3) is 0.176. The third kappa shape index (κ3) is 4.69. The van der Waals surface area contributed by atoms with Crippen molar-refractivity contribution in [1.29, 1.82) is 0 Å². The number of nitrogens with one attached hydrogen (secondary N) is 1. The van der Waals surface area contributed by atoms with Gasteiger partial charge in [-0.15, -0.1) is 22.7 Å². The number of thiazole rings is 1. The number of hydrogen-bond donors (Lipinski definition) is 1. The van der Waals surface area contributed by atoms with Gasteiger partial charge in [-0.1, -0.05) is 0 Å². The van der Waals surface area contributed by atoms with Crippen LogP contribution in [-0.4, -0.2) is 17.0 Å². The normalized spacial score (nSPS) is 10.9. The quantitative estimate of drug-likeness (QED) is 0.437. The molecule has 0 aliphatic heterocycles. The Labute approximate surface area is 170 Å². The summed E-state index contributed by atoms with van der Waals surface area (Å²) in [6.45, 7) is 3.99. The molecule has 1 N–H and O–H groups in total. The lowest BCUT2D eigenvalue weighted by Gasteiger charge is -2.09. The summed E-state index contributed by atoms with van der Waals surface area (Å²) in [7, 11) is 0. The Bertz CT molecular complexity index is 869. The van der Waals surface area contributed by atoms with E-state index < -0.39 is 0 Å². The number of aromatic nitrogens is 1. The number of rotatable bonds is 5. The summed E-state index contributed by atoms with van der Waals surface area (Å²) in [5, 5.41) is 5.34. The molecule has 2 heterocycles. The molecular formula is C17H14Br2N2O2S2. The van der Waals surface area contributed by atoms with Crippen LogP contribution < -0.4 is 10.1 Å². The van der Waals surface area contributed by atoms with Gasteiger partial charge >= 0.3 is 0 Å². The third-order valence-electron chi connectivity index (χ3n) is 3.12. The van der Waals surface area contributed by atoms with Crippen LogP contribution in [-0.2, 0) is 0 Å². The van der Waals surface area contributed by atoms with E-state index in [0.717, 1.165) is 25.3 Å². The maximum Gasteiger partial charge on any atom is 0.267 e. The first kappa shape index (κ1) is 18.6. The number of anilines is 1. The average molecular weight is 502 g/mol. The summed E-state index contributed by atoms with van der Waals surface area (Å²) < 4.78 is 7.40. The van der Waals surface area contributed by atoms with E-state index >= 15 is 0 Å². The monoisotopic (exact) mass is 500 g/mol. The first-order chi connectivity index (χ1) is 11.9. The molecule has 8 heteroatoms. The lowest BCUT2D eigenvalue weighted by Crippen LogP contribution is -2.09. The van der Waals surface area contributed by atoms with Crippen molar-refractivity contribution in [2.24, 2.45) is 0 Å². The summed E-state index contributed by atoms with van der Waals surface area (Å²) in [4.78, 5) is 17.4. The molecule has 0 bridgehead atoms. The zero-order chi connectivity index (χ0) is 18.0. The first-order valence-corrected chi connectivity index (χ1v) is 10.7. The van der Waals surface area contributed by atoms with Crippen LogP contribution in [0.5, 0.6) is 5.75 Å². The minimum Gasteiger partial charge on any atom is -0.491 e. The van der Waals surface area contributed by atoms with Crippen LogP contribution in [0.15, 0.2) is 44.0 Å². The number of hydrogen-bond acceptors (Lipinski definition) is 5. The second-order valence-electron chi connectivity index (χ2n) is 5.42. The van der Waals surface area contributed by atoms with Crippen molar-refractivity contribution in [3.63, 3.8) is 0 Å². The Balaban J connectivity index is 1.70. The molecule has 0 spiro atoms. The highest BCUT2D eigenvalue weighted by atomic mass is 79.9. The summed E-state index contributed by atoms with van der Waals surface area (Å²) in [6, 6.07) is 9.56. The smallest absolute Gasteiger partial charge is 0.267 e. The van der Waals surface area contributed by atoms with Crippen molar-refractivity contribution >= 4 is 65.6 Å². The zero-order valence-electron chi connectivity index (χ0n) is 13.4. The van der Waals surface area contributed by atoms with E-state index in [-0.39, 0.29) is 12.0 Å². The fourth-order valence-corrected chi connectivity index (χ4v) is 4.70. The lowest BCUT2D eigenvalue weighted by molar-refractivity contribution is 0.103. The second kappa shape index (κ2) is 7.99. The molecule has 1 aromatic carbocycles. The van der Waals surface area contributed by atoms with Crippen molar-refractivity contribution in [2.45, 2.75) is 20.0 Å². The molecule has 130 valence electrons. The molecule has 1 amide bonds. The highest BCUT2D eigenvalue weighted by Gasteiger charge is 2.14. The van der Waals surface area contributed by atoms with Crippen LogP contribution in [0.3, 0.4) is 0 Å². The molecular weight excluding hydrogens is 488 g/mol. The molecule has 25 heavy (non-hydrogen) atoms. The van der Waals surface area contributed by atoms with E-state index in [4.69, 9.17) is 4.74 Å². The third-order valence-corrected chi connectivity index (χ3v) is 7.13. The fourth-order valence-electron chi connectivity index (χ4n) is 2.06. The van der Waals surface area contributed by atoms with Crippen molar-refractivity contribution in [1.82, 2.24) is 4.98 Å². The number of nitrogens with zero attached hydrogens (tertiary/aromatic N) is 1. The van der Waals surface area contributed by atoms with Crippen molar-refractivity contribution in [3.8, 4) is 17.0 Å². The van der Waals surface area contributed by atoms with Crippen LogP contribution in [0.4, 0.5) is 5.13 Å². The Kier molecular flexibility index (Phi) is 5.93. The Morgan fingerprint density at radius 1 is 1.24 bits per heavy atom. The van der Waals surface area contributed by atoms with E-state index in [0.29, 0.717) is 10.0 Å². The molecule has 3 rings (SSSR count). The van der Waals surface area contributed by atoms with Gasteiger partial charge in [-0.05, 0) is 76.0 Å². The maximum absolute atomic E-state index is 12.3. The molecule has 0 saturated heterocycles. The van der Waals surface area contributed by atoms with E-state index in [2.05, 4.69) is 42.2 Å². The largest absolute Gasteiger partial charge is 0.491 e. The van der Waals surface area contributed by atoms with E-state index in [1.165, 1.54) is 22.7 Å². The van der Waals surface area contributed by atoms with Gasteiger partial charge in [0.15, 0.2) is 5.13 Å². The second-order valence-corrected chi connectivity index (χ2v) is 9.50. The van der Waals surface area contributed by atoms with Gasteiger partial charge in [-0.2, -0.15) is 0 Å². The van der Waals surface area contributed by atoms with Crippen molar-refractivity contribution in [3.05, 3.63) is 48.8 Å². The molecule has 0 saturated carbocycles.